The number of carbonyl (C=O) groups is 2. The number of likely N-dealkylation sites (N-methyl/N-ethyl adjacent to an activating group) is 1. The number of amides is 2. The highest BCUT2D eigenvalue weighted by Gasteiger charge is 2.31. The normalized spacial score (nSPS) is 18.8. The molecule has 5 nitrogen and oxygen atoms in total. The second kappa shape index (κ2) is 6.59. The van der Waals surface area contributed by atoms with Crippen molar-refractivity contribution in [3.05, 3.63) is 0 Å². The lowest BCUT2D eigenvalue weighted by atomic mass is 10.2. The second-order valence-electron chi connectivity index (χ2n) is 4.54. The van der Waals surface area contributed by atoms with Crippen LogP contribution in [0, 0.1) is 0 Å². The Bertz CT molecular complexity index is 281. The molecule has 0 radical (unpaired) electrons. The standard InChI is InChI=1S/C12H23N3O2/c1-4-6-13-10(5-2)9-15-8-7-14(3)11(16)12(15)17/h10,13H,4-9H2,1-3H3. The third-order valence-electron chi connectivity index (χ3n) is 3.14. The molecule has 0 saturated carbocycles. The smallest absolute Gasteiger partial charge is 0.312 e. The number of piperazine rings is 1. The molecular weight excluding hydrogens is 218 g/mol. The molecule has 0 aromatic rings. The Balaban J connectivity index is 2.49. The van der Waals surface area contributed by atoms with Gasteiger partial charge in [0.15, 0.2) is 0 Å². The zero-order chi connectivity index (χ0) is 12.8. The fourth-order valence-electron chi connectivity index (χ4n) is 1.90. The number of rotatable bonds is 6. The Labute approximate surface area is 103 Å². The summed E-state index contributed by atoms with van der Waals surface area (Å²) in [5.41, 5.74) is 0. The minimum Gasteiger partial charge on any atom is -0.336 e. The van der Waals surface area contributed by atoms with E-state index >= 15 is 0 Å². The van der Waals surface area contributed by atoms with Crippen LogP contribution in [0.25, 0.3) is 0 Å². The average Bonchev–Trinajstić information content (AvgIpc) is 2.34. The van der Waals surface area contributed by atoms with Crippen molar-refractivity contribution in [2.24, 2.45) is 0 Å². The van der Waals surface area contributed by atoms with E-state index in [1.54, 1.807) is 11.9 Å². The van der Waals surface area contributed by atoms with Gasteiger partial charge in [-0.05, 0) is 19.4 Å². The molecule has 1 fully saturated rings. The van der Waals surface area contributed by atoms with Crippen molar-refractivity contribution in [1.82, 2.24) is 15.1 Å². The van der Waals surface area contributed by atoms with Crippen LogP contribution in [0.2, 0.25) is 0 Å². The molecule has 1 rings (SSSR count). The summed E-state index contributed by atoms with van der Waals surface area (Å²) in [6, 6.07) is 0.287. The third kappa shape index (κ3) is 3.70. The van der Waals surface area contributed by atoms with Gasteiger partial charge in [-0.1, -0.05) is 13.8 Å². The molecule has 17 heavy (non-hydrogen) atoms. The second-order valence-corrected chi connectivity index (χ2v) is 4.54. The first-order valence-electron chi connectivity index (χ1n) is 6.37. The Morgan fingerprint density at radius 3 is 2.53 bits per heavy atom. The third-order valence-corrected chi connectivity index (χ3v) is 3.14. The molecule has 0 spiro atoms. The van der Waals surface area contributed by atoms with Crippen LogP contribution in [0.1, 0.15) is 26.7 Å². The summed E-state index contributed by atoms with van der Waals surface area (Å²) in [5.74, 6) is -0.753. The summed E-state index contributed by atoms with van der Waals surface area (Å²) >= 11 is 0. The first kappa shape index (κ1) is 14.0. The minimum absolute atomic E-state index is 0.287. The summed E-state index contributed by atoms with van der Waals surface area (Å²) in [4.78, 5) is 26.5. The lowest BCUT2D eigenvalue weighted by molar-refractivity contribution is -0.155. The van der Waals surface area contributed by atoms with E-state index in [9.17, 15) is 9.59 Å². The molecule has 2 amide bonds. The van der Waals surface area contributed by atoms with Gasteiger partial charge in [0.2, 0.25) is 0 Å². The number of carbonyl (C=O) groups excluding carboxylic acids is 2. The predicted molar refractivity (Wildman–Crippen MR) is 66.6 cm³/mol. The van der Waals surface area contributed by atoms with E-state index in [2.05, 4.69) is 19.2 Å². The van der Waals surface area contributed by atoms with Gasteiger partial charge >= 0.3 is 11.8 Å². The Morgan fingerprint density at radius 1 is 1.24 bits per heavy atom. The van der Waals surface area contributed by atoms with E-state index in [1.807, 2.05) is 0 Å². The molecule has 1 N–H and O–H groups in total. The van der Waals surface area contributed by atoms with Crippen LogP contribution in [-0.4, -0.2) is 60.9 Å². The van der Waals surface area contributed by atoms with Gasteiger partial charge in [0.05, 0.1) is 0 Å². The van der Waals surface area contributed by atoms with Gasteiger partial charge in [-0.25, -0.2) is 0 Å². The van der Waals surface area contributed by atoms with Crippen molar-refractivity contribution < 1.29 is 9.59 Å². The summed E-state index contributed by atoms with van der Waals surface area (Å²) in [6.07, 6.45) is 2.04. The number of hydrogen-bond donors (Lipinski definition) is 1. The largest absolute Gasteiger partial charge is 0.336 e. The highest BCUT2D eigenvalue weighted by atomic mass is 16.2. The summed E-state index contributed by atoms with van der Waals surface area (Å²) in [5, 5.41) is 3.39. The Hall–Kier alpha value is -1.10. The van der Waals surface area contributed by atoms with E-state index in [0.717, 1.165) is 19.4 Å². The van der Waals surface area contributed by atoms with Crippen LogP contribution in [0.3, 0.4) is 0 Å². The maximum atomic E-state index is 11.8. The SMILES string of the molecule is CCCNC(CC)CN1CCN(C)C(=O)C1=O. The minimum atomic E-state index is -0.387. The van der Waals surface area contributed by atoms with Crippen LogP contribution < -0.4 is 5.32 Å². The van der Waals surface area contributed by atoms with Crippen LogP contribution in [0.15, 0.2) is 0 Å². The fraction of sp³-hybridized carbons (Fsp3) is 0.833. The molecule has 1 aliphatic heterocycles. The number of nitrogens with one attached hydrogen (secondary N) is 1. The molecule has 1 unspecified atom stereocenters. The topological polar surface area (TPSA) is 52.6 Å². The molecule has 1 aliphatic rings. The van der Waals surface area contributed by atoms with Crippen molar-refractivity contribution in [1.29, 1.82) is 0 Å². The van der Waals surface area contributed by atoms with Crippen molar-refractivity contribution in [2.75, 3.05) is 33.2 Å². The molecule has 0 aromatic carbocycles. The van der Waals surface area contributed by atoms with E-state index < -0.39 is 0 Å². The maximum Gasteiger partial charge on any atom is 0.312 e. The molecular formula is C12H23N3O2. The van der Waals surface area contributed by atoms with Crippen molar-refractivity contribution in [2.45, 2.75) is 32.7 Å². The van der Waals surface area contributed by atoms with E-state index in [-0.39, 0.29) is 17.9 Å². The number of nitrogens with zero attached hydrogens (tertiary/aromatic N) is 2. The molecule has 1 atom stereocenters. The average molecular weight is 241 g/mol. The van der Waals surface area contributed by atoms with Gasteiger partial charge in [0.1, 0.15) is 0 Å². The van der Waals surface area contributed by atoms with Crippen molar-refractivity contribution in [3.8, 4) is 0 Å². The molecule has 1 heterocycles. The maximum absolute atomic E-state index is 11.8. The van der Waals surface area contributed by atoms with Crippen LogP contribution in [0.4, 0.5) is 0 Å². The van der Waals surface area contributed by atoms with Gasteiger partial charge < -0.3 is 15.1 Å². The molecule has 98 valence electrons. The molecule has 0 aromatic heterocycles. The van der Waals surface area contributed by atoms with E-state index in [4.69, 9.17) is 0 Å². The van der Waals surface area contributed by atoms with Crippen molar-refractivity contribution in [3.63, 3.8) is 0 Å². The van der Waals surface area contributed by atoms with Crippen molar-refractivity contribution >= 4 is 11.8 Å². The first-order chi connectivity index (χ1) is 8.10. The van der Waals surface area contributed by atoms with E-state index in [0.29, 0.717) is 19.6 Å². The highest BCUT2D eigenvalue weighted by Crippen LogP contribution is 2.05. The van der Waals surface area contributed by atoms with Gasteiger partial charge in [0, 0.05) is 32.7 Å². The predicted octanol–water partition coefficient (Wildman–Crippen LogP) is 0.0652. The molecule has 0 aliphatic carbocycles. The molecule has 5 heteroatoms. The summed E-state index contributed by atoms with van der Waals surface area (Å²) < 4.78 is 0. The lowest BCUT2D eigenvalue weighted by Crippen LogP contribution is -2.55. The molecule has 0 bridgehead atoms. The van der Waals surface area contributed by atoms with E-state index in [1.165, 1.54) is 4.90 Å². The first-order valence-corrected chi connectivity index (χ1v) is 6.37. The fourth-order valence-corrected chi connectivity index (χ4v) is 1.90. The van der Waals surface area contributed by atoms with Gasteiger partial charge in [-0.15, -0.1) is 0 Å². The van der Waals surface area contributed by atoms with Gasteiger partial charge in [0.25, 0.3) is 0 Å². The number of hydrogen-bond acceptors (Lipinski definition) is 3. The quantitative estimate of drug-likeness (QED) is 0.669. The van der Waals surface area contributed by atoms with Crippen LogP contribution in [-0.2, 0) is 9.59 Å². The molecule has 1 saturated heterocycles. The van der Waals surface area contributed by atoms with Gasteiger partial charge in [-0.3, -0.25) is 9.59 Å². The van der Waals surface area contributed by atoms with Crippen LogP contribution in [0.5, 0.6) is 0 Å². The van der Waals surface area contributed by atoms with Gasteiger partial charge in [-0.2, -0.15) is 0 Å². The summed E-state index contributed by atoms with van der Waals surface area (Å²) in [6.45, 7) is 7.07. The highest BCUT2D eigenvalue weighted by molar-refractivity contribution is 6.35. The monoisotopic (exact) mass is 241 g/mol. The van der Waals surface area contributed by atoms with Crippen LogP contribution >= 0.6 is 0 Å². The Kier molecular flexibility index (Phi) is 5.41. The Morgan fingerprint density at radius 2 is 1.94 bits per heavy atom. The zero-order valence-corrected chi connectivity index (χ0v) is 11.0. The summed E-state index contributed by atoms with van der Waals surface area (Å²) in [7, 11) is 1.67. The zero-order valence-electron chi connectivity index (χ0n) is 11.0. The lowest BCUT2D eigenvalue weighted by Gasteiger charge is -2.33.